The van der Waals surface area contributed by atoms with Gasteiger partial charge in [-0.25, -0.2) is 0 Å². The van der Waals surface area contributed by atoms with E-state index in [1.54, 1.807) is 19.3 Å². The first-order valence-corrected chi connectivity index (χ1v) is 12.9. The molecule has 9 heteroatoms. The third kappa shape index (κ3) is 6.31. The lowest BCUT2D eigenvalue weighted by Crippen LogP contribution is -2.32. The molecule has 3 aromatic carbocycles. The lowest BCUT2D eigenvalue weighted by Gasteiger charge is -2.14. The number of hydrogen-bond acceptors (Lipinski definition) is 6. The van der Waals surface area contributed by atoms with Gasteiger partial charge in [0, 0.05) is 10.6 Å². The number of carbonyl (C=O) groups is 2. The van der Waals surface area contributed by atoms with Crippen molar-refractivity contribution in [3.8, 4) is 17.2 Å². The molecular weight excluding hydrogens is 601 g/mol. The number of carbonyl (C=O) groups excluding carboxylic acids is 2. The largest absolute Gasteiger partial charge is 0.493 e. The maximum absolute atomic E-state index is 12.9. The predicted octanol–water partition coefficient (Wildman–Crippen LogP) is 6.65. The van der Waals surface area contributed by atoms with E-state index in [1.165, 1.54) is 4.90 Å². The Morgan fingerprint density at radius 1 is 1.03 bits per heavy atom. The fourth-order valence-electron chi connectivity index (χ4n) is 3.34. The molecule has 0 radical (unpaired) electrons. The number of halogens is 2. The van der Waals surface area contributed by atoms with Crippen LogP contribution in [-0.2, 0) is 11.4 Å². The highest BCUT2D eigenvalue weighted by atomic mass is 127. The first-order valence-electron chi connectivity index (χ1n) is 10.6. The SMILES string of the molecule is COc1cc(/C=C2\SC(=O)N(CCOc3ccccc3)C2=O)cc(I)c1OCc1ccccc1Cl. The Bertz CT molecular complexity index is 1270. The lowest BCUT2D eigenvalue weighted by molar-refractivity contribution is -0.123. The first kappa shape index (κ1) is 25.4. The summed E-state index contributed by atoms with van der Waals surface area (Å²) in [6, 6.07) is 20.4. The van der Waals surface area contributed by atoms with Crippen molar-refractivity contribution in [1.82, 2.24) is 4.90 Å². The second-order valence-electron chi connectivity index (χ2n) is 7.41. The van der Waals surface area contributed by atoms with Crippen molar-refractivity contribution in [3.63, 3.8) is 0 Å². The predicted molar refractivity (Wildman–Crippen MR) is 146 cm³/mol. The Morgan fingerprint density at radius 2 is 1.77 bits per heavy atom. The van der Waals surface area contributed by atoms with Crippen molar-refractivity contribution in [2.24, 2.45) is 0 Å². The van der Waals surface area contributed by atoms with E-state index >= 15 is 0 Å². The number of hydrogen-bond donors (Lipinski definition) is 0. The molecule has 1 heterocycles. The quantitative estimate of drug-likeness (QED) is 0.197. The smallest absolute Gasteiger partial charge is 0.293 e. The molecule has 0 bridgehead atoms. The number of ether oxygens (including phenoxy) is 3. The van der Waals surface area contributed by atoms with E-state index in [1.807, 2.05) is 60.7 Å². The molecule has 0 spiro atoms. The zero-order valence-corrected chi connectivity index (χ0v) is 22.4. The van der Waals surface area contributed by atoms with E-state index in [0.29, 0.717) is 27.2 Å². The normalized spacial score (nSPS) is 14.5. The summed E-state index contributed by atoms with van der Waals surface area (Å²) in [6.07, 6.45) is 1.69. The van der Waals surface area contributed by atoms with E-state index in [4.69, 9.17) is 25.8 Å². The Labute approximate surface area is 226 Å². The van der Waals surface area contributed by atoms with Gasteiger partial charge in [0.25, 0.3) is 11.1 Å². The van der Waals surface area contributed by atoms with Crippen molar-refractivity contribution < 1.29 is 23.8 Å². The van der Waals surface area contributed by atoms with Gasteiger partial charge in [-0.1, -0.05) is 48.0 Å². The van der Waals surface area contributed by atoms with Crippen LogP contribution in [0, 0.1) is 3.57 Å². The Morgan fingerprint density at radius 3 is 2.51 bits per heavy atom. The number of methoxy groups -OCH3 is 1. The van der Waals surface area contributed by atoms with E-state index in [2.05, 4.69) is 22.6 Å². The number of para-hydroxylation sites is 1. The minimum absolute atomic E-state index is 0.173. The highest BCUT2D eigenvalue weighted by Gasteiger charge is 2.35. The summed E-state index contributed by atoms with van der Waals surface area (Å²) < 4.78 is 18.0. The molecule has 4 rings (SSSR count). The molecule has 3 aromatic rings. The summed E-state index contributed by atoms with van der Waals surface area (Å²) in [7, 11) is 1.55. The van der Waals surface area contributed by atoms with Gasteiger partial charge < -0.3 is 14.2 Å². The fraction of sp³-hybridized carbons (Fsp3) is 0.154. The Balaban J connectivity index is 1.45. The molecular formula is C26H21ClINO5S. The van der Waals surface area contributed by atoms with Crippen LogP contribution in [0.1, 0.15) is 11.1 Å². The van der Waals surface area contributed by atoms with Crippen molar-refractivity contribution in [3.05, 3.63) is 91.4 Å². The molecule has 1 aliphatic heterocycles. The van der Waals surface area contributed by atoms with Crippen LogP contribution in [0.25, 0.3) is 6.08 Å². The topological polar surface area (TPSA) is 65.1 Å². The van der Waals surface area contributed by atoms with E-state index < -0.39 is 0 Å². The average Bonchev–Trinajstić information content (AvgIpc) is 3.12. The van der Waals surface area contributed by atoms with Crippen LogP contribution in [0.5, 0.6) is 17.2 Å². The van der Waals surface area contributed by atoms with Crippen LogP contribution >= 0.6 is 46.0 Å². The molecule has 0 aromatic heterocycles. The minimum Gasteiger partial charge on any atom is -0.493 e. The van der Waals surface area contributed by atoms with E-state index in [-0.39, 0.29) is 30.9 Å². The molecule has 0 N–H and O–H groups in total. The van der Waals surface area contributed by atoms with E-state index in [0.717, 1.165) is 26.5 Å². The van der Waals surface area contributed by atoms with E-state index in [9.17, 15) is 9.59 Å². The van der Waals surface area contributed by atoms with Crippen LogP contribution in [0.2, 0.25) is 5.02 Å². The summed E-state index contributed by atoms with van der Waals surface area (Å²) in [5.41, 5.74) is 1.59. The van der Waals surface area contributed by atoms with Gasteiger partial charge in [0.1, 0.15) is 19.0 Å². The van der Waals surface area contributed by atoms with Crippen LogP contribution < -0.4 is 14.2 Å². The van der Waals surface area contributed by atoms with Crippen LogP contribution in [-0.4, -0.2) is 36.3 Å². The van der Waals surface area contributed by atoms with Crippen molar-refractivity contribution in [1.29, 1.82) is 0 Å². The van der Waals surface area contributed by atoms with Crippen LogP contribution in [0.3, 0.4) is 0 Å². The Kier molecular flexibility index (Phi) is 8.59. The molecule has 0 unspecified atom stereocenters. The molecule has 6 nitrogen and oxygen atoms in total. The van der Waals surface area contributed by atoms with Crippen molar-refractivity contribution in [2.75, 3.05) is 20.3 Å². The average molecular weight is 622 g/mol. The van der Waals surface area contributed by atoms with Gasteiger partial charge in [-0.3, -0.25) is 14.5 Å². The lowest BCUT2D eigenvalue weighted by atomic mass is 10.1. The summed E-state index contributed by atoms with van der Waals surface area (Å²) in [4.78, 5) is 26.8. The molecule has 35 heavy (non-hydrogen) atoms. The maximum Gasteiger partial charge on any atom is 0.293 e. The van der Waals surface area contributed by atoms with Gasteiger partial charge in [0.2, 0.25) is 0 Å². The van der Waals surface area contributed by atoms with Crippen LogP contribution in [0.4, 0.5) is 4.79 Å². The van der Waals surface area contributed by atoms with Crippen molar-refractivity contribution in [2.45, 2.75) is 6.61 Å². The highest BCUT2D eigenvalue weighted by Crippen LogP contribution is 2.38. The van der Waals surface area contributed by atoms with Crippen molar-refractivity contribution >= 4 is 63.2 Å². The van der Waals surface area contributed by atoms with Gasteiger partial charge in [-0.05, 0) is 76.3 Å². The fourth-order valence-corrected chi connectivity index (χ4v) is 5.18. The summed E-state index contributed by atoms with van der Waals surface area (Å²) in [6.45, 7) is 0.681. The monoisotopic (exact) mass is 621 g/mol. The van der Waals surface area contributed by atoms with Gasteiger partial charge in [-0.15, -0.1) is 0 Å². The molecule has 0 atom stereocenters. The zero-order chi connectivity index (χ0) is 24.8. The number of imide groups is 1. The summed E-state index contributed by atoms with van der Waals surface area (Å²) in [5, 5.41) is 0.308. The summed E-state index contributed by atoms with van der Waals surface area (Å²) >= 11 is 9.30. The summed E-state index contributed by atoms with van der Waals surface area (Å²) in [5.74, 6) is 1.44. The number of nitrogens with zero attached hydrogens (tertiary/aromatic N) is 1. The second kappa shape index (κ2) is 11.8. The van der Waals surface area contributed by atoms with Gasteiger partial charge in [0.15, 0.2) is 11.5 Å². The van der Waals surface area contributed by atoms with Gasteiger partial charge >= 0.3 is 0 Å². The molecule has 1 saturated heterocycles. The third-order valence-electron chi connectivity index (χ3n) is 5.08. The molecule has 0 saturated carbocycles. The molecule has 1 fully saturated rings. The van der Waals surface area contributed by atoms with Gasteiger partial charge in [0.05, 0.1) is 22.1 Å². The van der Waals surface area contributed by atoms with Crippen LogP contribution in [0.15, 0.2) is 71.6 Å². The zero-order valence-electron chi connectivity index (χ0n) is 18.7. The number of amides is 2. The maximum atomic E-state index is 12.9. The molecule has 1 aliphatic rings. The number of rotatable bonds is 9. The minimum atomic E-state index is -0.343. The van der Waals surface area contributed by atoms with Gasteiger partial charge in [-0.2, -0.15) is 0 Å². The second-order valence-corrected chi connectivity index (χ2v) is 9.97. The number of benzene rings is 3. The Hall–Kier alpha value is -2.69. The number of thioether (sulfide) groups is 1. The third-order valence-corrected chi connectivity index (χ3v) is 7.16. The molecule has 2 amide bonds. The molecule has 180 valence electrons. The first-order chi connectivity index (χ1) is 17.0. The standard InChI is InChI=1S/C26H21ClINO5S/c1-32-22-14-17(13-21(28)24(22)34-16-18-7-5-6-10-20(18)27)15-23-25(30)29(26(31)35-23)11-12-33-19-8-3-2-4-9-19/h2-10,13-15H,11-12,16H2,1H3/b23-15-. The molecule has 0 aliphatic carbocycles. The highest BCUT2D eigenvalue weighted by molar-refractivity contribution is 14.1.